The first kappa shape index (κ1) is 19.4. The van der Waals surface area contributed by atoms with Crippen LogP contribution >= 0.6 is 12.2 Å². The van der Waals surface area contributed by atoms with Crippen LogP contribution in [0.15, 0.2) is 35.9 Å². The van der Waals surface area contributed by atoms with Crippen molar-refractivity contribution in [3.63, 3.8) is 0 Å². The summed E-state index contributed by atoms with van der Waals surface area (Å²) in [7, 11) is 0. The van der Waals surface area contributed by atoms with E-state index in [4.69, 9.17) is 17.0 Å². The number of amides is 1. The normalized spacial score (nSPS) is 14.0. The Balaban J connectivity index is 1.77. The summed E-state index contributed by atoms with van der Waals surface area (Å²) in [6.45, 7) is 5.55. The van der Waals surface area contributed by atoms with Gasteiger partial charge in [0.05, 0.1) is 6.61 Å². The third kappa shape index (κ3) is 7.26. The summed E-state index contributed by atoms with van der Waals surface area (Å²) in [6.07, 6.45) is 8.26. The summed E-state index contributed by atoms with van der Waals surface area (Å²) in [5.74, 6) is 0.919. The van der Waals surface area contributed by atoms with Crippen LogP contribution in [0.2, 0.25) is 0 Å². The third-order valence-corrected chi connectivity index (χ3v) is 4.27. The van der Waals surface area contributed by atoms with Crippen LogP contribution in [0.3, 0.4) is 0 Å². The van der Waals surface area contributed by atoms with E-state index in [0.29, 0.717) is 29.0 Å². The number of allylic oxidation sites excluding steroid dienone is 1. The van der Waals surface area contributed by atoms with Crippen LogP contribution in [0.25, 0.3) is 0 Å². The highest BCUT2D eigenvalue weighted by atomic mass is 32.1. The fourth-order valence-corrected chi connectivity index (χ4v) is 2.87. The summed E-state index contributed by atoms with van der Waals surface area (Å²) >= 11 is 5.22. The largest absolute Gasteiger partial charge is 0.493 e. The molecule has 1 aromatic rings. The fourth-order valence-electron chi connectivity index (χ4n) is 2.68. The zero-order valence-corrected chi connectivity index (χ0v) is 16.0. The summed E-state index contributed by atoms with van der Waals surface area (Å²) in [5, 5.41) is 6.22. The van der Waals surface area contributed by atoms with Crippen LogP contribution in [0.4, 0.5) is 0 Å². The number of hydrogen-bond acceptors (Lipinski definition) is 3. The molecule has 0 saturated heterocycles. The molecule has 0 spiro atoms. The van der Waals surface area contributed by atoms with E-state index in [0.717, 1.165) is 13.0 Å². The van der Waals surface area contributed by atoms with Crippen LogP contribution in [-0.2, 0) is 0 Å². The van der Waals surface area contributed by atoms with Crippen LogP contribution < -0.4 is 15.4 Å². The van der Waals surface area contributed by atoms with Crippen molar-refractivity contribution in [1.82, 2.24) is 10.6 Å². The maximum Gasteiger partial charge on any atom is 0.257 e. The molecule has 0 aliphatic heterocycles. The molecule has 25 heavy (non-hydrogen) atoms. The summed E-state index contributed by atoms with van der Waals surface area (Å²) < 4.78 is 5.66. The zero-order chi connectivity index (χ0) is 18.1. The number of ether oxygens (including phenoxy) is 1. The van der Waals surface area contributed by atoms with E-state index in [-0.39, 0.29) is 5.91 Å². The molecule has 0 fully saturated rings. The molecule has 0 heterocycles. The number of carbonyl (C=O) groups is 1. The number of rotatable bonds is 7. The van der Waals surface area contributed by atoms with Crippen molar-refractivity contribution in [1.29, 1.82) is 0 Å². The standard InChI is InChI=1S/C20H28N2O2S/c1-15(2)14-24-18-10-6-9-17(13-18)19(23)22-20(25)21-12-11-16-7-4-3-5-8-16/h6-7,9-10,13,15H,3-5,8,11-12,14H2,1-2H3,(H2,21,22,23,25). The molecule has 0 unspecified atom stereocenters. The average Bonchev–Trinajstić information content (AvgIpc) is 2.61. The molecule has 1 aromatic carbocycles. The molecule has 0 radical (unpaired) electrons. The van der Waals surface area contributed by atoms with Gasteiger partial charge in [0.25, 0.3) is 5.91 Å². The van der Waals surface area contributed by atoms with Crippen molar-refractivity contribution >= 4 is 23.2 Å². The highest BCUT2D eigenvalue weighted by Gasteiger charge is 2.10. The SMILES string of the molecule is CC(C)COc1cccc(C(=O)NC(=S)NCCC2=CCCCC2)c1. The Hall–Kier alpha value is -1.88. The topological polar surface area (TPSA) is 50.4 Å². The molecule has 1 aliphatic rings. The van der Waals surface area contributed by atoms with Crippen molar-refractivity contribution in [3.8, 4) is 5.75 Å². The van der Waals surface area contributed by atoms with Crippen molar-refractivity contribution in [2.45, 2.75) is 46.0 Å². The second-order valence-corrected chi connectivity index (χ2v) is 7.21. The Kier molecular flexibility index (Phi) is 7.92. The molecule has 1 aliphatic carbocycles. The second kappa shape index (κ2) is 10.2. The van der Waals surface area contributed by atoms with Gasteiger partial charge in [-0.3, -0.25) is 10.1 Å². The van der Waals surface area contributed by atoms with E-state index < -0.39 is 0 Å². The zero-order valence-electron chi connectivity index (χ0n) is 15.1. The molecule has 136 valence electrons. The molecule has 0 bridgehead atoms. The van der Waals surface area contributed by atoms with E-state index in [1.165, 1.54) is 31.3 Å². The van der Waals surface area contributed by atoms with Crippen molar-refractivity contribution in [2.75, 3.05) is 13.2 Å². The van der Waals surface area contributed by atoms with Crippen LogP contribution in [0.1, 0.15) is 56.3 Å². The molecule has 0 aromatic heterocycles. The molecule has 2 rings (SSSR count). The van der Waals surface area contributed by atoms with Gasteiger partial charge in [-0.2, -0.15) is 0 Å². The van der Waals surface area contributed by atoms with Gasteiger partial charge in [0.1, 0.15) is 5.75 Å². The Bertz CT molecular complexity index is 626. The lowest BCUT2D eigenvalue weighted by atomic mass is 9.97. The summed E-state index contributed by atoms with van der Waals surface area (Å²) in [4.78, 5) is 12.3. The van der Waals surface area contributed by atoms with Gasteiger partial charge < -0.3 is 10.1 Å². The molecular formula is C20H28N2O2S. The van der Waals surface area contributed by atoms with E-state index in [1.54, 1.807) is 12.1 Å². The number of hydrogen-bond donors (Lipinski definition) is 2. The fraction of sp³-hybridized carbons (Fsp3) is 0.500. The molecule has 5 heteroatoms. The van der Waals surface area contributed by atoms with Crippen molar-refractivity contribution in [2.24, 2.45) is 5.92 Å². The second-order valence-electron chi connectivity index (χ2n) is 6.80. The quantitative estimate of drug-likeness (QED) is 0.565. The van der Waals surface area contributed by atoms with Crippen molar-refractivity contribution < 1.29 is 9.53 Å². The highest BCUT2D eigenvalue weighted by molar-refractivity contribution is 7.80. The van der Waals surface area contributed by atoms with Crippen LogP contribution in [0.5, 0.6) is 5.75 Å². The van der Waals surface area contributed by atoms with Crippen LogP contribution in [0, 0.1) is 5.92 Å². The average molecular weight is 361 g/mol. The third-order valence-electron chi connectivity index (χ3n) is 4.02. The Morgan fingerprint density at radius 1 is 1.32 bits per heavy atom. The van der Waals surface area contributed by atoms with E-state index in [9.17, 15) is 4.79 Å². The Morgan fingerprint density at radius 2 is 2.16 bits per heavy atom. The predicted octanol–water partition coefficient (Wildman–Crippen LogP) is 4.22. The van der Waals surface area contributed by atoms with Crippen LogP contribution in [-0.4, -0.2) is 24.2 Å². The first-order valence-corrected chi connectivity index (χ1v) is 9.45. The molecule has 1 amide bonds. The maximum absolute atomic E-state index is 12.3. The predicted molar refractivity (Wildman–Crippen MR) is 106 cm³/mol. The summed E-state index contributed by atoms with van der Waals surface area (Å²) in [6, 6.07) is 7.17. The first-order chi connectivity index (χ1) is 12.0. The monoisotopic (exact) mass is 360 g/mol. The van der Waals surface area contributed by atoms with Gasteiger partial charge in [0, 0.05) is 12.1 Å². The highest BCUT2D eigenvalue weighted by Crippen LogP contribution is 2.19. The molecule has 2 N–H and O–H groups in total. The minimum Gasteiger partial charge on any atom is -0.493 e. The molecule has 0 atom stereocenters. The lowest BCUT2D eigenvalue weighted by Crippen LogP contribution is -2.39. The van der Waals surface area contributed by atoms with Gasteiger partial charge in [0.15, 0.2) is 5.11 Å². The van der Waals surface area contributed by atoms with E-state index in [2.05, 4.69) is 30.6 Å². The number of thiocarbonyl (C=S) groups is 1. The maximum atomic E-state index is 12.3. The number of benzene rings is 1. The lowest BCUT2D eigenvalue weighted by molar-refractivity contribution is 0.0976. The van der Waals surface area contributed by atoms with Gasteiger partial charge in [-0.15, -0.1) is 0 Å². The van der Waals surface area contributed by atoms with Gasteiger partial charge in [-0.25, -0.2) is 0 Å². The smallest absolute Gasteiger partial charge is 0.257 e. The number of nitrogens with one attached hydrogen (secondary N) is 2. The Morgan fingerprint density at radius 3 is 2.88 bits per heavy atom. The minimum absolute atomic E-state index is 0.218. The number of carbonyl (C=O) groups excluding carboxylic acids is 1. The van der Waals surface area contributed by atoms with Crippen molar-refractivity contribution in [3.05, 3.63) is 41.5 Å². The van der Waals surface area contributed by atoms with E-state index >= 15 is 0 Å². The van der Waals surface area contributed by atoms with Gasteiger partial charge in [0.2, 0.25) is 0 Å². The molecule has 4 nitrogen and oxygen atoms in total. The first-order valence-electron chi connectivity index (χ1n) is 9.04. The molecule has 0 saturated carbocycles. The van der Waals surface area contributed by atoms with E-state index in [1.807, 2.05) is 12.1 Å². The summed E-state index contributed by atoms with van der Waals surface area (Å²) in [5.41, 5.74) is 2.03. The Labute approximate surface area is 156 Å². The molecular weight excluding hydrogens is 332 g/mol. The minimum atomic E-state index is -0.218. The van der Waals surface area contributed by atoms with Gasteiger partial charge >= 0.3 is 0 Å². The lowest BCUT2D eigenvalue weighted by Gasteiger charge is -2.14. The van der Waals surface area contributed by atoms with Gasteiger partial charge in [-0.05, 0) is 68.4 Å². The van der Waals surface area contributed by atoms with Gasteiger partial charge in [-0.1, -0.05) is 31.6 Å².